The number of para-hydroxylation sites is 1. The van der Waals surface area contributed by atoms with Gasteiger partial charge in [-0.15, -0.1) is 0 Å². The Morgan fingerprint density at radius 3 is 2.81 bits per heavy atom. The number of amides is 1. The first kappa shape index (κ1) is 18.3. The molecule has 0 bridgehead atoms. The highest BCUT2D eigenvalue weighted by Crippen LogP contribution is 2.29. The summed E-state index contributed by atoms with van der Waals surface area (Å²) in [5, 5.41) is 10.6. The highest BCUT2D eigenvalue weighted by atomic mass is 35.5. The van der Waals surface area contributed by atoms with E-state index in [0.29, 0.717) is 28.0 Å². The van der Waals surface area contributed by atoms with Crippen LogP contribution in [0.5, 0.6) is 5.75 Å². The number of nitriles is 1. The number of hydrogen-bond donors (Lipinski definition) is 0. The van der Waals surface area contributed by atoms with Gasteiger partial charge < -0.3 is 4.74 Å². The van der Waals surface area contributed by atoms with E-state index < -0.39 is 0 Å². The van der Waals surface area contributed by atoms with Crippen LogP contribution in [0.1, 0.15) is 12.5 Å². The lowest BCUT2D eigenvalue weighted by Crippen LogP contribution is -2.36. The predicted octanol–water partition coefficient (Wildman–Crippen LogP) is 4.24. The Morgan fingerprint density at radius 2 is 2.08 bits per heavy atom. The van der Waals surface area contributed by atoms with Crippen molar-refractivity contribution in [3.63, 3.8) is 0 Å². The summed E-state index contributed by atoms with van der Waals surface area (Å²) in [5.41, 5.74) is 1.14. The van der Waals surface area contributed by atoms with E-state index in [1.54, 1.807) is 65.2 Å². The summed E-state index contributed by atoms with van der Waals surface area (Å²) in [6.07, 6.45) is 0. The van der Waals surface area contributed by atoms with Crippen molar-refractivity contribution in [2.24, 2.45) is 4.99 Å². The fourth-order valence-corrected chi connectivity index (χ4v) is 3.61. The zero-order valence-corrected chi connectivity index (χ0v) is 15.6. The van der Waals surface area contributed by atoms with Crippen molar-refractivity contribution in [2.45, 2.75) is 12.2 Å². The Balaban J connectivity index is 1.72. The van der Waals surface area contributed by atoms with Crippen molar-refractivity contribution in [2.75, 3.05) is 13.2 Å². The van der Waals surface area contributed by atoms with E-state index in [2.05, 4.69) is 11.1 Å². The molecule has 0 N–H and O–H groups in total. The van der Waals surface area contributed by atoms with Crippen LogP contribution in [0.3, 0.4) is 0 Å². The minimum atomic E-state index is -0.192. The zero-order chi connectivity index (χ0) is 18.5. The van der Waals surface area contributed by atoms with Gasteiger partial charge in [-0.05, 0) is 36.4 Å². The van der Waals surface area contributed by atoms with Gasteiger partial charge >= 0.3 is 0 Å². The molecular formula is C19H16ClN3O2S. The van der Waals surface area contributed by atoms with Gasteiger partial charge in [0.2, 0.25) is 0 Å². The van der Waals surface area contributed by atoms with Gasteiger partial charge in [-0.25, -0.2) is 4.99 Å². The van der Waals surface area contributed by atoms with Gasteiger partial charge in [0.15, 0.2) is 11.8 Å². The van der Waals surface area contributed by atoms with Gasteiger partial charge in [0.1, 0.15) is 11.8 Å². The third-order valence-electron chi connectivity index (χ3n) is 3.69. The van der Waals surface area contributed by atoms with Crippen LogP contribution >= 0.6 is 23.4 Å². The summed E-state index contributed by atoms with van der Waals surface area (Å²) in [7, 11) is 0. The van der Waals surface area contributed by atoms with Crippen molar-refractivity contribution in [1.29, 1.82) is 5.26 Å². The molecule has 1 fully saturated rings. The maximum atomic E-state index is 12.6. The van der Waals surface area contributed by atoms with E-state index in [1.807, 2.05) is 6.92 Å². The number of amidine groups is 1. The third kappa shape index (κ3) is 4.37. The molecule has 5 nitrogen and oxygen atoms in total. The van der Waals surface area contributed by atoms with E-state index in [0.717, 1.165) is 5.69 Å². The van der Waals surface area contributed by atoms with Crippen LogP contribution in [0, 0.1) is 11.3 Å². The van der Waals surface area contributed by atoms with Crippen LogP contribution in [-0.2, 0) is 4.79 Å². The molecule has 0 saturated carbocycles. The number of nitrogens with zero attached hydrogens (tertiary/aromatic N) is 3. The predicted molar refractivity (Wildman–Crippen MR) is 104 cm³/mol. The van der Waals surface area contributed by atoms with Gasteiger partial charge in [0.05, 0.1) is 11.3 Å². The molecule has 2 aromatic rings. The van der Waals surface area contributed by atoms with Crippen LogP contribution in [0.25, 0.3) is 0 Å². The third-order valence-corrected chi connectivity index (χ3v) is 5.01. The molecule has 3 rings (SSSR count). The molecule has 1 amide bonds. The molecule has 0 spiro atoms. The van der Waals surface area contributed by atoms with Crippen LogP contribution in [-0.4, -0.2) is 34.4 Å². The lowest BCUT2D eigenvalue weighted by atomic mass is 10.2. The Bertz CT molecular complexity index is 877. The van der Waals surface area contributed by atoms with Crippen molar-refractivity contribution in [3.05, 3.63) is 59.1 Å². The monoisotopic (exact) mass is 385 g/mol. The molecular weight excluding hydrogens is 370 g/mol. The maximum Gasteiger partial charge on any atom is 0.266 e. The first-order valence-corrected chi connectivity index (χ1v) is 9.26. The van der Waals surface area contributed by atoms with Crippen molar-refractivity contribution < 1.29 is 9.53 Å². The molecule has 0 unspecified atom stereocenters. The summed E-state index contributed by atoms with van der Waals surface area (Å²) >= 11 is 7.44. The van der Waals surface area contributed by atoms with Crippen LogP contribution in [0.15, 0.2) is 53.5 Å². The van der Waals surface area contributed by atoms with E-state index in [1.165, 1.54) is 0 Å². The van der Waals surface area contributed by atoms with Crippen LogP contribution < -0.4 is 4.74 Å². The molecule has 0 aliphatic carbocycles. The summed E-state index contributed by atoms with van der Waals surface area (Å²) in [6, 6.07) is 16.0. The first-order valence-electron chi connectivity index (χ1n) is 8.00. The summed E-state index contributed by atoms with van der Waals surface area (Å²) in [6.45, 7) is 2.46. The number of carbonyl (C=O) groups excluding carboxylic acids is 1. The molecule has 1 heterocycles. The second kappa shape index (κ2) is 8.26. The zero-order valence-electron chi connectivity index (χ0n) is 14.1. The van der Waals surface area contributed by atoms with E-state index in [9.17, 15) is 4.79 Å². The van der Waals surface area contributed by atoms with Gasteiger partial charge in [-0.1, -0.05) is 42.4 Å². The van der Waals surface area contributed by atoms with Gasteiger partial charge in [-0.3, -0.25) is 9.69 Å². The lowest BCUT2D eigenvalue weighted by molar-refractivity contribution is -0.129. The molecule has 1 aliphatic rings. The Hall–Kier alpha value is -2.49. The molecule has 2 aromatic carbocycles. The fraction of sp³-hybridized carbons (Fsp3) is 0.211. The smallest absolute Gasteiger partial charge is 0.266 e. The second-order valence-corrected chi connectivity index (χ2v) is 7.54. The standard InChI is InChI=1S/C19H16ClN3O2S/c1-13-11-23(19(26-13)22-16-8-6-15(20)7-9-16)18(24)12-25-17-5-3-2-4-14(17)10-21/h2-9,13H,11-12H2,1H3/t13-/m1/s1. The molecule has 1 saturated heterocycles. The Morgan fingerprint density at radius 1 is 1.35 bits per heavy atom. The quantitative estimate of drug-likeness (QED) is 0.789. The summed E-state index contributed by atoms with van der Waals surface area (Å²) in [5.74, 6) is 0.210. The number of aliphatic imine (C=N–C) groups is 1. The molecule has 0 radical (unpaired) electrons. The molecule has 26 heavy (non-hydrogen) atoms. The molecule has 0 aromatic heterocycles. The van der Waals surface area contributed by atoms with E-state index in [-0.39, 0.29) is 17.8 Å². The topological polar surface area (TPSA) is 65.7 Å². The van der Waals surface area contributed by atoms with E-state index in [4.69, 9.17) is 21.6 Å². The number of ether oxygens (including phenoxy) is 1. The Labute approximate surface area is 161 Å². The molecule has 132 valence electrons. The number of carbonyl (C=O) groups is 1. The van der Waals surface area contributed by atoms with Gasteiger partial charge in [0, 0.05) is 16.8 Å². The Kier molecular flexibility index (Phi) is 5.82. The molecule has 1 atom stereocenters. The van der Waals surface area contributed by atoms with Crippen molar-refractivity contribution in [1.82, 2.24) is 4.90 Å². The average Bonchev–Trinajstić information content (AvgIpc) is 3.02. The normalized spacial score (nSPS) is 18.0. The first-order chi connectivity index (χ1) is 12.6. The SMILES string of the molecule is C[C@@H]1CN(C(=O)COc2ccccc2C#N)C(=Nc2ccc(Cl)cc2)S1. The average molecular weight is 386 g/mol. The highest BCUT2D eigenvalue weighted by Gasteiger charge is 2.31. The minimum Gasteiger partial charge on any atom is -0.482 e. The number of thioether (sulfide) groups is 1. The highest BCUT2D eigenvalue weighted by molar-refractivity contribution is 8.14. The van der Waals surface area contributed by atoms with Crippen LogP contribution in [0.2, 0.25) is 5.02 Å². The van der Waals surface area contributed by atoms with Gasteiger partial charge in [0.25, 0.3) is 5.91 Å². The largest absolute Gasteiger partial charge is 0.482 e. The summed E-state index contributed by atoms with van der Waals surface area (Å²) in [4.78, 5) is 18.8. The van der Waals surface area contributed by atoms with Crippen LogP contribution in [0.4, 0.5) is 5.69 Å². The second-order valence-electron chi connectivity index (χ2n) is 5.70. The minimum absolute atomic E-state index is 0.147. The van der Waals surface area contributed by atoms with Gasteiger partial charge in [-0.2, -0.15) is 5.26 Å². The molecule has 1 aliphatic heterocycles. The fourth-order valence-electron chi connectivity index (χ4n) is 2.44. The summed E-state index contributed by atoms with van der Waals surface area (Å²) < 4.78 is 5.56. The van der Waals surface area contributed by atoms with E-state index >= 15 is 0 Å². The number of hydrogen-bond acceptors (Lipinski definition) is 5. The maximum absolute atomic E-state index is 12.6. The lowest BCUT2D eigenvalue weighted by Gasteiger charge is -2.16. The number of rotatable bonds is 4. The van der Waals surface area contributed by atoms with Crippen molar-refractivity contribution in [3.8, 4) is 11.8 Å². The molecule has 7 heteroatoms. The van der Waals surface area contributed by atoms with Crippen molar-refractivity contribution >= 4 is 40.1 Å². The number of halogens is 1. The number of benzene rings is 2.